The lowest BCUT2D eigenvalue weighted by molar-refractivity contribution is -0.137. The van der Waals surface area contributed by atoms with Gasteiger partial charge in [-0.15, -0.1) is 0 Å². The number of hydrogen-bond acceptors (Lipinski definition) is 1. The number of nitrogens with zero attached hydrogens (tertiary/aromatic N) is 1. The normalized spacial score (nSPS) is 19.8. The van der Waals surface area contributed by atoms with E-state index in [1.54, 1.807) is 6.07 Å². The van der Waals surface area contributed by atoms with E-state index in [9.17, 15) is 13.2 Å². The Morgan fingerprint density at radius 2 is 1.70 bits per heavy atom. The molecule has 1 aliphatic heterocycles. The van der Waals surface area contributed by atoms with Crippen LogP contribution in [-0.2, 0) is 18.1 Å². The van der Waals surface area contributed by atoms with E-state index in [1.165, 1.54) is 12.1 Å². The number of benzene rings is 1. The zero-order chi connectivity index (χ0) is 15.3. The van der Waals surface area contributed by atoms with E-state index in [4.69, 9.17) is 0 Å². The Kier molecular flexibility index (Phi) is 3.44. The maximum absolute atomic E-state index is 12.9. The Hall–Kier alpha value is -1.03. The molecule has 0 bridgehead atoms. The van der Waals surface area contributed by atoms with Crippen molar-refractivity contribution < 1.29 is 13.2 Å². The molecule has 1 aromatic carbocycles. The van der Waals surface area contributed by atoms with Gasteiger partial charge in [-0.25, -0.2) is 0 Å². The van der Waals surface area contributed by atoms with Crippen LogP contribution in [0.2, 0.25) is 0 Å². The maximum Gasteiger partial charge on any atom is 0.416 e. The molecule has 0 amide bonds. The molecule has 2 rings (SSSR count). The van der Waals surface area contributed by atoms with Crippen molar-refractivity contribution in [3.8, 4) is 0 Å². The molecule has 0 saturated carbocycles. The van der Waals surface area contributed by atoms with Gasteiger partial charge in [0.2, 0.25) is 0 Å². The molecule has 0 N–H and O–H groups in total. The zero-order valence-corrected chi connectivity index (χ0v) is 12.7. The summed E-state index contributed by atoms with van der Waals surface area (Å²) in [7, 11) is 0. The Balaban J connectivity index is 2.48. The lowest BCUT2D eigenvalue weighted by atomic mass is 9.76. The topological polar surface area (TPSA) is 3.24 Å². The summed E-state index contributed by atoms with van der Waals surface area (Å²) in [4.78, 5) is 2.25. The molecular formula is C16H22F3N. The number of halogens is 3. The van der Waals surface area contributed by atoms with E-state index < -0.39 is 11.7 Å². The summed E-state index contributed by atoms with van der Waals surface area (Å²) < 4.78 is 38.6. The van der Waals surface area contributed by atoms with Crippen molar-refractivity contribution in [1.29, 1.82) is 0 Å². The van der Waals surface area contributed by atoms with Gasteiger partial charge in [-0.05, 0) is 44.0 Å². The van der Waals surface area contributed by atoms with Gasteiger partial charge in [0.05, 0.1) is 5.56 Å². The SMILES string of the molecule is CC1(C)CN(C(C)(C)C)Cc2cc(C(F)(F)F)ccc21. The minimum Gasteiger partial charge on any atom is -0.293 e. The lowest BCUT2D eigenvalue weighted by Crippen LogP contribution is -2.50. The summed E-state index contributed by atoms with van der Waals surface area (Å²) >= 11 is 0. The van der Waals surface area contributed by atoms with Crippen molar-refractivity contribution in [3.05, 3.63) is 34.9 Å². The molecule has 0 spiro atoms. The van der Waals surface area contributed by atoms with E-state index >= 15 is 0 Å². The van der Waals surface area contributed by atoms with Crippen LogP contribution in [0.15, 0.2) is 18.2 Å². The van der Waals surface area contributed by atoms with Gasteiger partial charge in [-0.3, -0.25) is 4.90 Å². The number of rotatable bonds is 0. The number of alkyl halides is 3. The van der Waals surface area contributed by atoms with E-state index in [0.29, 0.717) is 6.54 Å². The molecule has 1 aromatic rings. The van der Waals surface area contributed by atoms with Crippen LogP contribution in [0.25, 0.3) is 0 Å². The molecule has 0 fully saturated rings. The van der Waals surface area contributed by atoms with Gasteiger partial charge in [0.25, 0.3) is 0 Å². The van der Waals surface area contributed by atoms with E-state index in [2.05, 4.69) is 39.5 Å². The summed E-state index contributed by atoms with van der Waals surface area (Å²) in [5.74, 6) is 0. The van der Waals surface area contributed by atoms with Gasteiger partial charge < -0.3 is 0 Å². The molecular weight excluding hydrogens is 263 g/mol. The van der Waals surface area contributed by atoms with Gasteiger partial charge in [0.15, 0.2) is 0 Å². The summed E-state index contributed by atoms with van der Waals surface area (Å²) in [5, 5.41) is 0. The average molecular weight is 285 g/mol. The smallest absolute Gasteiger partial charge is 0.293 e. The molecule has 1 heterocycles. The summed E-state index contributed by atoms with van der Waals surface area (Å²) in [6.45, 7) is 11.9. The van der Waals surface area contributed by atoms with Gasteiger partial charge in [-0.2, -0.15) is 13.2 Å². The minimum absolute atomic E-state index is 0.0524. The van der Waals surface area contributed by atoms with Gasteiger partial charge in [-0.1, -0.05) is 19.9 Å². The van der Waals surface area contributed by atoms with Crippen LogP contribution in [-0.4, -0.2) is 17.0 Å². The summed E-state index contributed by atoms with van der Waals surface area (Å²) in [5.41, 5.74) is 1.09. The third kappa shape index (κ3) is 2.85. The molecule has 1 nitrogen and oxygen atoms in total. The fourth-order valence-electron chi connectivity index (χ4n) is 2.86. The van der Waals surface area contributed by atoms with E-state index in [-0.39, 0.29) is 11.0 Å². The third-order valence-electron chi connectivity index (χ3n) is 4.06. The van der Waals surface area contributed by atoms with Gasteiger partial charge >= 0.3 is 6.18 Å². The monoisotopic (exact) mass is 285 g/mol. The van der Waals surface area contributed by atoms with Crippen LogP contribution in [0.5, 0.6) is 0 Å². The van der Waals surface area contributed by atoms with E-state index in [0.717, 1.165) is 17.7 Å². The molecule has 0 aliphatic carbocycles. The Morgan fingerprint density at radius 3 is 2.20 bits per heavy atom. The fourth-order valence-corrected chi connectivity index (χ4v) is 2.86. The first-order valence-corrected chi connectivity index (χ1v) is 6.87. The Bertz CT molecular complexity index is 509. The van der Waals surface area contributed by atoms with Crippen molar-refractivity contribution in [2.45, 2.75) is 58.3 Å². The molecule has 4 heteroatoms. The minimum atomic E-state index is -4.27. The van der Waals surface area contributed by atoms with Gasteiger partial charge in [0, 0.05) is 24.0 Å². The molecule has 112 valence electrons. The van der Waals surface area contributed by atoms with E-state index in [1.807, 2.05) is 0 Å². The van der Waals surface area contributed by atoms with Crippen molar-refractivity contribution >= 4 is 0 Å². The van der Waals surface area contributed by atoms with Crippen molar-refractivity contribution in [2.75, 3.05) is 6.54 Å². The quantitative estimate of drug-likeness (QED) is 0.673. The second-order valence-corrected chi connectivity index (χ2v) is 7.28. The second-order valence-electron chi connectivity index (χ2n) is 7.28. The molecule has 0 unspecified atom stereocenters. The summed E-state index contributed by atoms with van der Waals surface area (Å²) in [6.07, 6.45) is -4.27. The molecule has 0 atom stereocenters. The molecule has 20 heavy (non-hydrogen) atoms. The first kappa shape index (κ1) is 15.4. The predicted molar refractivity (Wildman–Crippen MR) is 74.6 cm³/mol. The Morgan fingerprint density at radius 1 is 1.10 bits per heavy atom. The van der Waals surface area contributed by atoms with Crippen LogP contribution in [0.4, 0.5) is 13.2 Å². The average Bonchev–Trinajstić information content (AvgIpc) is 2.24. The third-order valence-corrected chi connectivity index (χ3v) is 4.06. The number of hydrogen-bond donors (Lipinski definition) is 0. The Labute approximate surface area is 118 Å². The zero-order valence-electron chi connectivity index (χ0n) is 12.7. The van der Waals surface area contributed by atoms with Crippen LogP contribution in [0.1, 0.15) is 51.3 Å². The van der Waals surface area contributed by atoms with Crippen LogP contribution in [0, 0.1) is 0 Å². The highest BCUT2D eigenvalue weighted by molar-refractivity contribution is 5.40. The van der Waals surface area contributed by atoms with Gasteiger partial charge in [0.1, 0.15) is 0 Å². The fraction of sp³-hybridized carbons (Fsp3) is 0.625. The van der Waals surface area contributed by atoms with Crippen LogP contribution >= 0.6 is 0 Å². The first-order valence-electron chi connectivity index (χ1n) is 6.87. The number of fused-ring (bicyclic) bond motifs is 1. The largest absolute Gasteiger partial charge is 0.416 e. The molecule has 0 aromatic heterocycles. The van der Waals surface area contributed by atoms with Crippen molar-refractivity contribution in [2.24, 2.45) is 0 Å². The van der Waals surface area contributed by atoms with Crippen molar-refractivity contribution in [1.82, 2.24) is 4.90 Å². The standard InChI is InChI=1S/C16H22F3N/c1-14(2,3)20-9-11-8-12(16(17,18)19)6-7-13(11)15(4,5)10-20/h6-8H,9-10H2,1-5H3. The first-order chi connectivity index (χ1) is 8.91. The highest BCUT2D eigenvalue weighted by Crippen LogP contribution is 2.39. The van der Waals surface area contributed by atoms with Crippen LogP contribution in [0.3, 0.4) is 0 Å². The molecule has 0 radical (unpaired) electrons. The molecule has 0 saturated heterocycles. The van der Waals surface area contributed by atoms with Crippen molar-refractivity contribution in [3.63, 3.8) is 0 Å². The lowest BCUT2D eigenvalue weighted by Gasteiger charge is -2.46. The predicted octanol–water partition coefficient (Wildman–Crippen LogP) is 4.60. The summed E-state index contributed by atoms with van der Waals surface area (Å²) in [6, 6.07) is 4.17. The highest BCUT2D eigenvalue weighted by atomic mass is 19.4. The highest BCUT2D eigenvalue weighted by Gasteiger charge is 2.38. The van der Waals surface area contributed by atoms with Crippen LogP contribution < -0.4 is 0 Å². The molecule has 1 aliphatic rings. The second kappa shape index (κ2) is 4.48. The maximum atomic E-state index is 12.9.